The quantitative estimate of drug-likeness (QED) is 0.266. The molecule has 0 aliphatic rings. The monoisotopic (exact) mass is 519 g/mol. The first-order valence-electron chi connectivity index (χ1n) is 11.8. The first-order chi connectivity index (χ1) is 16.9. The Balaban J connectivity index is 2.20. The zero-order valence-corrected chi connectivity index (χ0v) is 22.5. The Bertz CT molecular complexity index is 1070. The average Bonchev–Trinajstić information content (AvgIpc) is 2.80. The second kappa shape index (κ2) is 13.3. The normalized spacial score (nSPS) is 13.6. The van der Waals surface area contributed by atoms with Crippen LogP contribution in [-0.2, 0) is 14.3 Å². The molecule has 0 N–H and O–H groups in total. The van der Waals surface area contributed by atoms with Crippen molar-refractivity contribution < 1.29 is 33.3 Å². The number of halogens is 1. The number of pyridine rings is 1. The molecule has 196 valence electrons. The van der Waals surface area contributed by atoms with E-state index in [0.29, 0.717) is 10.8 Å². The van der Waals surface area contributed by atoms with E-state index in [-0.39, 0.29) is 35.4 Å². The molecule has 1 aromatic carbocycles. The number of Topliss-reactive ketones (excluding diaryl/α,β-unsaturated/α-hetero) is 1. The van der Waals surface area contributed by atoms with Gasteiger partial charge < -0.3 is 18.9 Å². The van der Waals surface area contributed by atoms with E-state index >= 15 is 0 Å². The van der Waals surface area contributed by atoms with Gasteiger partial charge in [0.25, 0.3) is 0 Å². The number of esters is 2. The molecular formula is C27H34ClNO7. The van der Waals surface area contributed by atoms with Crippen molar-refractivity contribution in [1.82, 2.24) is 4.98 Å². The predicted octanol–water partition coefficient (Wildman–Crippen LogP) is 5.55. The molecule has 36 heavy (non-hydrogen) atoms. The lowest BCUT2D eigenvalue weighted by molar-refractivity contribution is -0.160. The molecule has 0 amide bonds. The Hall–Kier alpha value is -3.13. The lowest BCUT2D eigenvalue weighted by Crippen LogP contribution is -2.39. The van der Waals surface area contributed by atoms with Crippen molar-refractivity contribution in [3.63, 3.8) is 0 Å². The van der Waals surface area contributed by atoms with E-state index in [1.807, 2.05) is 27.7 Å². The topological polar surface area (TPSA) is 101 Å². The molecule has 0 saturated heterocycles. The molecule has 2 aromatic rings. The molecule has 9 heteroatoms. The molecule has 0 spiro atoms. The van der Waals surface area contributed by atoms with Crippen LogP contribution in [0.15, 0.2) is 36.5 Å². The standard InChI is InChI=1S/C27H34ClNO7/c1-15(2)21(14-22(31)24-26(35-18(6)30)23(33-7)11-12-29-24)27(32)34-17(5)25(16(3)4)36-20-10-8-9-19(28)13-20/h8-13,15-17,21,25H,14H2,1-7H3/t17-,21-,25+/m0/s1. The fourth-order valence-corrected chi connectivity index (χ4v) is 3.91. The van der Waals surface area contributed by atoms with Crippen LogP contribution in [0.1, 0.15) is 58.5 Å². The summed E-state index contributed by atoms with van der Waals surface area (Å²) in [7, 11) is 1.39. The van der Waals surface area contributed by atoms with Gasteiger partial charge in [0.1, 0.15) is 18.0 Å². The van der Waals surface area contributed by atoms with E-state index in [1.165, 1.54) is 26.3 Å². The van der Waals surface area contributed by atoms with Crippen LogP contribution in [0.4, 0.5) is 0 Å². The Morgan fingerprint density at radius 1 is 1.03 bits per heavy atom. The number of ether oxygens (including phenoxy) is 4. The van der Waals surface area contributed by atoms with E-state index in [4.69, 9.17) is 30.5 Å². The zero-order chi connectivity index (χ0) is 27.0. The summed E-state index contributed by atoms with van der Waals surface area (Å²) in [5.74, 6) is -1.86. The van der Waals surface area contributed by atoms with E-state index in [0.717, 1.165) is 0 Å². The van der Waals surface area contributed by atoms with Crippen LogP contribution in [0.3, 0.4) is 0 Å². The van der Waals surface area contributed by atoms with Crippen molar-refractivity contribution in [3.05, 3.63) is 47.2 Å². The number of carbonyl (C=O) groups excluding carboxylic acids is 3. The SMILES string of the molecule is COc1ccnc(C(=O)C[C@H](C(=O)O[C@@H](C)[C@H](Oc2cccc(Cl)c2)C(C)C)C(C)C)c1OC(C)=O. The summed E-state index contributed by atoms with van der Waals surface area (Å²) in [6.07, 6.45) is 0.162. The average molecular weight is 520 g/mol. The Kier molecular flexibility index (Phi) is 10.7. The van der Waals surface area contributed by atoms with Gasteiger partial charge in [-0.1, -0.05) is 45.4 Å². The highest BCUT2D eigenvalue weighted by Gasteiger charge is 2.33. The molecule has 0 aliphatic heterocycles. The molecule has 0 saturated carbocycles. The van der Waals surface area contributed by atoms with Gasteiger partial charge in [-0.25, -0.2) is 4.98 Å². The van der Waals surface area contributed by atoms with Crippen molar-refractivity contribution in [3.8, 4) is 17.2 Å². The number of methoxy groups -OCH3 is 1. The number of hydrogen-bond donors (Lipinski definition) is 0. The lowest BCUT2D eigenvalue weighted by atomic mass is 9.89. The highest BCUT2D eigenvalue weighted by molar-refractivity contribution is 6.30. The van der Waals surface area contributed by atoms with Crippen LogP contribution < -0.4 is 14.2 Å². The Morgan fingerprint density at radius 2 is 1.72 bits per heavy atom. The maximum atomic E-state index is 13.2. The van der Waals surface area contributed by atoms with Gasteiger partial charge in [-0.2, -0.15) is 0 Å². The van der Waals surface area contributed by atoms with Gasteiger partial charge in [-0.3, -0.25) is 14.4 Å². The highest BCUT2D eigenvalue weighted by atomic mass is 35.5. The summed E-state index contributed by atoms with van der Waals surface area (Å²) in [6.45, 7) is 10.6. The van der Waals surface area contributed by atoms with Crippen LogP contribution in [0.25, 0.3) is 0 Å². The number of ketones is 1. The molecule has 0 aliphatic carbocycles. The van der Waals surface area contributed by atoms with Gasteiger partial charge in [-0.15, -0.1) is 0 Å². The number of nitrogens with zero attached hydrogens (tertiary/aromatic N) is 1. The largest absolute Gasteiger partial charge is 0.493 e. The van der Waals surface area contributed by atoms with Gasteiger partial charge in [-0.05, 0) is 37.0 Å². The highest BCUT2D eigenvalue weighted by Crippen LogP contribution is 2.32. The summed E-state index contributed by atoms with van der Waals surface area (Å²) >= 11 is 6.07. The Labute approximate surface area is 217 Å². The van der Waals surface area contributed by atoms with Crippen LogP contribution in [0, 0.1) is 17.8 Å². The zero-order valence-electron chi connectivity index (χ0n) is 21.7. The van der Waals surface area contributed by atoms with E-state index in [9.17, 15) is 14.4 Å². The minimum Gasteiger partial charge on any atom is -0.493 e. The van der Waals surface area contributed by atoms with Crippen molar-refractivity contribution in [2.75, 3.05) is 7.11 Å². The van der Waals surface area contributed by atoms with Crippen molar-refractivity contribution in [2.24, 2.45) is 17.8 Å². The molecule has 0 fully saturated rings. The molecule has 2 rings (SSSR count). The van der Waals surface area contributed by atoms with E-state index in [2.05, 4.69) is 4.98 Å². The Morgan fingerprint density at radius 3 is 2.28 bits per heavy atom. The first-order valence-corrected chi connectivity index (χ1v) is 12.2. The van der Waals surface area contributed by atoms with Gasteiger partial charge in [0.15, 0.2) is 17.2 Å². The first kappa shape index (κ1) is 29.1. The van der Waals surface area contributed by atoms with Gasteiger partial charge in [0, 0.05) is 30.6 Å². The lowest BCUT2D eigenvalue weighted by Gasteiger charge is -2.30. The molecule has 0 radical (unpaired) electrons. The number of aromatic nitrogens is 1. The molecule has 8 nitrogen and oxygen atoms in total. The fraction of sp³-hybridized carbons (Fsp3) is 0.481. The maximum Gasteiger partial charge on any atom is 0.310 e. The van der Waals surface area contributed by atoms with Crippen molar-refractivity contribution in [2.45, 2.75) is 60.2 Å². The third kappa shape index (κ3) is 7.95. The van der Waals surface area contributed by atoms with Gasteiger partial charge >= 0.3 is 11.9 Å². The second-order valence-electron chi connectivity index (χ2n) is 9.19. The summed E-state index contributed by atoms with van der Waals surface area (Å²) in [6, 6.07) is 8.49. The number of hydrogen-bond acceptors (Lipinski definition) is 8. The van der Waals surface area contributed by atoms with E-state index in [1.54, 1.807) is 31.2 Å². The third-order valence-electron chi connectivity index (χ3n) is 5.60. The van der Waals surface area contributed by atoms with Crippen molar-refractivity contribution >= 4 is 29.3 Å². The van der Waals surface area contributed by atoms with Crippen LogP contribution in [-0.4, -0.2) is 42.0 Å². The molecule has 3 atom stereocenters. The third-order valence-corrected chi connectivity index (χ3v) is 5.84. The summed E-state index contributed by atoms with van der Waals surface area (Å²) in [5.41, 5.74) is -0.0830. The van der Waals surface area contributed by atoms with E-state index < -0.39 is 35.8 Å². The predicted molar refractivity (Wildman–Crippen MR) is 136 cm³/mol. The smallest absolute Gasteiger partial charge is 0.310 e. The van der Waals surface area contributed by atoms with Crippen LogP contribution in [0.5, 0.6) is 17.2 Å². The molecule has 1 heterocycles. The molecule has 0 bridgehead atoms. The van der Waals surface area contributed by atoms with Crippen LogP contribution in [0.2, 0.25) is 5.02 Å². The minimum absolute atomic E-state index is 0.0261. The van der Waals surface area contributed by atoms with Crippen molar-refractivity contribution in [1.29, 1.82) is 0 Å². The summed E-state index contributed by atoms with van der Waals surface area (Å²) < 4.78 is 22.3. The number of rotatable bonds is 12. The second-order valence-corrected chi connectivity index (χ2v) is 9.62. The molecule has 0 unspecified atom stereocenters. The molecule has 1 aromatic heterocycles. The van der Waals surface area contributed by atoms with Gasteiger partial charge in [0.05, 0.1) is 13.0 Å². The maximum absolute atomic E-state index is 13.2. The summed E-state index contributed by atoms with van der Waals surface area (Å²) in [4.78, 5) is 42.0. The number of benzene rings is 1. The summed E-state index contributed by atoms with van der Waals surface area (Å²) in [5, 5.41) is 0.539. The molecular weight excluding hydrogens is 486 g/mol. The fourth-order valence-electron chi connectivity index (χ4n) is 3.73. The number of carbonyl (C=O) groups is 3. The minimum atomic E-state index is -0.753. The van der Waals surface area contributed by atoms with Crippen LogP contribution >= 0.6 is 11.6 Å². The van der Waals surface area contributed by atoms with Gasteiger partial charge in [0.2, 0.25) is 5.75 Å².